The molecular formula is C20H19N5O3S3. The highest BCUT2D eigenvalue weighted by Crippen LogP contribution is 2.27. The third-order valence-corrected chi connectivity index (χ3v) is 8.05. The van der Waals surface area contributed by atoms with Crippen molar-refractivity contribution in [1.82, 2.24) is 19.7 Å². The molecule has 2 aromatic heterocycles. The molecular weight excluding hydrogens is 454 g/mol. The largest absolute Gasteiger partial charge is 0.308 e. The normalized spacial score (nSPS) is 11.7. The standard InChI is InChI=1S/C20H19N5O3S3/c1-13-8-9-15-16(10-13)30-19(21-15)22-18(26)11-29-20-24-23-17(25(20)2)12-31(27,28)14-6-4-3-5-7-14/h3-10H,11-12H2,1-2H3,(H,21,22,26). The Morgan fingerprint density at radius 1 is 1.16 bits per heavy atom. The summed E-state index contributed by atoms with van der Waals surface area (Å²) in [6, 6.07) is 14.2. The molecule has 0 unspecified atom stereocenters. The molecule has 4 aromatic rings. The number of benzene rings is 2. The lowest BCUT2D eigenvalue weighted by molar-refractivity contribution is -0.113. The van der Waals surface area contributed by atoms with Gasteiger partial charge in [-0.3, -0.25) is 4.79 Å². The molecule has 0 bridgehead atoms. The summed E-state index contributed by atoms with van der Waals surface area (Å²) in [6.07, 6.45) is 0. The number of carbonyl (C=O) groups excluding carboxylic acids is 1. The Bertz CT molecular complexity index is 1350. The van der Waals surface area contributed by atoms with Gasteiger partial charge in [-0.05, 0) is 36.8 Å². The number of thiazole rings is 1. The minimum Gasteiger partial charge on any atom is -0.308 e. The van der Waals surface area contributed by atoms with Gasteiger partial charge in [0.2, 0.25) is 5.91 Å². The van der Waals surface area contributed by atoms with Crippen LogP contribution in [-0.4, -0.2) is 39.8 Å². The molecule has 160 valence electrons. The van der Waals surface area contributed by atoms with Crippen LogP contribution in [0.15, 0.2) is 58.6 Å². The Morgan fingerprint density at radius 2 is 1.94 bits per heavy atom. The number of thioether (sulfide) groups is 1. The van der Waals surface area contributed by atoms with E-state index in [0.29, 0.717) is 16.1 Å². The van der Waals surface area contributed by atoms with Crippen LogP contribution in [0.5, 0.6) is 0 Å². The lowest BCUT2D eigenvalue weighted by Gasteiger charge is -2.05. The van der Waals surface area contributed by atoms with E-state index in [0.717, 1.165) is 15.8 Å². The van der Waals surface area contributed by atoms with Gasteiger partial charge in [-0.2, -0.15) is 0 Å². The summed E-state index contributed by atoms with van der Waals surface area (Å²) in [4.78, 5) is 17.0. The minimum absolute atomic E-state index is 0.104. The Balaban J connectivity index is 1.38. The summed E-state index contributed by atoms with van der Waals surface area (Å²) in [5.74, 6) is -0.0689. The van der Waals surface area contributed by atoms with Crippen LogP contribution in [0.25, 0.3) is 10.2 Å². The van der Waals surface area contributed by atoms with E-state index >= 15 is 0 Å². The second-order valence-electron chi connectivity index (χ2n) is 6.86. The van der Waals surface area contributed by atoms with Crippen LogP contribution in [-0.2, 0) is 27.4 Å². The minimum atomic E-state index is -3.53. The monoisotopic (exact) mass is 473 g/mol. The average Bonchev–Trinajstić information content (AvgIpc) is 3.29. The number of carbonyl (C=O) groups is 1. The van der Waals surface area contributed by atoms with Crippen molar-refractivity contribution in [2.45, 2.75) is 22.7 Å². The Morgan fingerprint density at radius 3 is 2.71 bits per heavy atom. The number of aryl methyl sites for hydroxylation is 1. The predicted molar refractivity (Wildman–Crippen MR) is 122 cm³/mol. The van der Waals surface area contributed by atoms with Crippen LogP contribution < -0.4 is 5.32 Å². The fourth-order valence-corrected chi connectivity index (χ4v) is 5.89. The van der Waals surface area contributed by atoms with E-state index in [4.69, 9.17) is 0 Å². The highest BCUT2D eigenvalue weighted by atomic mass is 32.2. The smallest absolute Gasteiger partial charge is 0.236 e. The third kappa shape index (κ3) is 4.94. The maximum absolute atomic E-state index is 12.6. The summed E-state index contributed by atoms with van der Waals surface area (Å²) in [5, 5.41) is 11.8. The number of hydrogen-bond acceptors (Lipinski definition) is 8. The average molecular weight is 474 g/mol. The molecule has 1 N–H and O–H groups in total. The first kappa shape index (κ1) is 21.5. The van der Waals surface area contributed by atoms with Gasteiger partial charge < -0.3 is 9.88 Å². The Labute approximate surface area is 187 Å². The van der Waals surface area contributed by atoms with Crippen molar-refractivity contribution in [1.29, 1.82) is 0 Å². The van der Waals surface area contributed by atoms with Gasteiger partial charge in [0, 0.05) is 7.05 Å². The molecule has 2 heterocycles. The van der Waals surface area contributed by atoms with Crippen molar-refractivity contribution in [2.75, 3.05) is 11.1 Å². The number of amides is 1. The number of anilines is 1. The summed E-state index contributed by atoms with van der Waals surface area (Å²) < 4.78 is 27.7. The molecule has 0 saturated carbocycles. The van der Waals surface area contributed by atoms with E-state index in [1.807, 2.05) is 25.1 Å². The number of aromatic nitrogens is 4. The SMILES string of the molecule is Cc1ccc2nc(NC(=O)CSc3nnc(CS(=O)(=O)c4ccccc4)n3C)sc2c1. The Kier molecular flexibility index (Phi) is 6.08. The van der Waals surface area contributed by atoms with Gasteiger partial charge in [0.1, 0.15) is 11.6 Å². The number of fused-ring (bicyclic) bond motifs is 1. The molecule has 1 amide bonds. The number of nitrogens with zero attached hydrogens (tertiary/aromatic N) is 4. The van der Waals surface area contributed by atoms with E-state index in [-0.39, 0.29) is 22.3 Å². The third-order valence-electron chi connectivity index (χ3n) is 4.47. The number of rotatable bonds is 7. The summed E-state index contributed by atoms with van der Waals surface area (Å²) >= 11 is 2.61. The second-order valence-corrected chi connectivity index (χ2v) is 10.8. The zero-order chi connectivity index (χ0) is 22.0. The first-order chi connectivity index (χ1) is 14.8. The fourth-order valence-electron chi connectivity index (χ4n) is 2.85. The van der Waals surface area contributed by atoms with Crippen molar-refractivity contribution >= 4 is 54.2 Å². The molecule has 11 heteroatoms. The predicted octanol–water partition coefficient (Wildman–Crippen LogP) is 3.44. The van der Waals surface area contributed by atoms with Crippen molar-refractivity contribution < 1.29 is 13.2 Å². The van der Waals surface area contributed by atoms with Gasteiger partial charge in [0.05, 0.1) is 20.9 Å². The molecule has 0 aliphatic carbocycles. The van der Waals surface area contributed by atoms with Gasteiger partial charge in [-0.1, -0.05) is 47.4 Å². The van der Waals surface area contributed by atoms with E-state index in [2.05, 4.69) is 20.5 Å². The fraction of sp³-hybridized carbons (Fsp3) is 0.200. The molecule has 0 aliphatic rings. The first-order valence-corrected chi connectivity index (χ1v) is 12.7. The Hall–Kier alpha value is -2.76. The highest BCUT2D eigenvalue weighted by molar-refractivity contribution is 7.99. The van der Waals surface area contributed by atoms with E-state index in [1.54, 1.807) is 41.9 Å². The summed E-state index contributed by atoms with van der Waals surface area (Å²) in [6.45, 7) is 2.01. The van der Waals surface area contributed by atoms with E-state index < -0.39 is 9.84 Å². The van der Waals surface area contributed by atoms with Crippen molar-refractivity contribution in [3.05, 3.63) is 59.9 Å². The van der Waals surface area contributed by atoms with Crippen molar-refractivity contribution in [2.24, 2.45) is 7.05 Å². The van der Waals surface area contributed by atoms with Crippen LogP contribution in [0.4, 0.5) is 5.13 Å². The topological polar surface area (TPSA) is 107 Å². The maximum atomic E-state index is 12.6. The van der Waals surface area contributed by atoms with Crippen molar-refractivity contribution in [3.8, 4) is 0 Å². The quantitative estimate of drug-likeness (QED) is 0.410. The highest BCUT2D eigenvalue weighted by Gasteiger charge is 2.20. The van der Waals surface area contributed by atoms with E-state index in [9.17, 15) is 13.2 Å². The first-order valence-electron chi connectivity index (χ1n) is 9.28. The molecule has 31 heavy (non-hydrogen) atoms. The zero-order valence-electron chi connectivity index (χ0n) is 16.8. The van der Waals surface area contributed by atoms with Crippen LogP contribution in [0.3, 0.4) is 0 Å². The number of hydrogen-bond donors (Lipinski definition) is 1. The van der Waals surface area contributed by atoms with Crippen LogP contribution in [0.2, 0.25) is 0 Å². The summed E-state index contributed by atoms with van der Waals surface area (Å²) in [7, 11) is -1.84. The number of sulfone groups is 1. The van der Waals surface area contributed by atoms with Crippen LogP contribution in [0.1, 0.15) is 11.4 Å². The molecule has 2 aromatic carbocycles. The number of nitrogens with one attached hydrogen (secondary N) is 1. The molecule has 0 radical (unpaired) electrons. The van der Waals surface area contributed by atoms with Crippen molar-refractivity contribution in [3.63, 3.8) is 0 Å². The molecule has 8 nitrogen and oxygen atoms in total. The zero-order valence-corrected chi connectivity index (χ0v) is 19.2. The van der Waals surface area contributed by atoms with Gasteiger partial charge in [0.25, 0.3) is 0 Å². The van der Waals surface area contributed by atoms with Crippen LogP contribution in [0, 0.1) is 6.92 Å². The molecule has 0 spiro atoms. The molecule has 0 atom stereocenters. The van der Waals surface area contributed by atoms with Gasteiger partial charge in [-0.15, -0.1) is 10.2 Å². The second kappa shape index (κ2) is 8.77. The molecule has 0 aliphatic heterocycles. The van der Waals surface area contributed by atoms with E-state index in [1.165, 1.54) is 23.1 Å². The maximum Gasteiger partial charge on any atom is 0.236 e. The van der Waals surface area contributed by atoms with Gasteiger partial charge in [-0.25, -0.2) is 13.4 Å². The van der Waals surface area contributed by atoms with Gasteiger partial charge in [0.15, 0.2) is 20.1 Å². The molecule has 0 saturated heterocycles. The molecule has 0 fully saturated rings. The summed E-state index contributed by atoms with van der Waals surface area (Å²) in [5.41, 5.74) is 1.98. The molecule has 4 rings (SSSR count). The lowest BCUT2D eigenvalue weighted by atomic mass is 10.2. The van der Waals surface area contributed by atoms with Gasteiger partial charge >= 0.3 is 0 Å². The lowest BCUT2D eigenvalue weighted by Crippen LogP contribution is -2.14. The van der Waals surface area contributed by atoms with Crippen LogP contribution >= 0.6 is 23.1 Å².